The molecule has 0 saturated heterocycles. The summed E-state index contributed by atoms with van der Waals surface area (Å²) in [5, 5.41) is 11.8. The Morgan fingerprint density at radius 1 is 1.40 bits per heavy atom. The third-order valence-electron chi connectivity index (χ3n) is 1.99. The van der Waals surface area contributed by atoms with E-state index in [4.69, 9.17) is 5.11 Å². The van der Waals surface area contributed by atoms with Crippen LogP contribution in [0, 0.1) is 0 Å². The molecule has 0 spiro atoms. The zero-order chi connectivity index (χ0) is 11.3. The van der Waals surface area contributed by atoms with Gasteiger partial charge in [0, 0.05) is 6.04 Å². The van der Waals surface area contributed by atoms with Crippen molar-refractivity contribution in [1.82, 2.24) is 5.32 Å². The monoisotopic (exact) mass is 207 g/mol. The van der Waals surface area contributed by atoms with Gasteiger partial charge in [0.05, 0.1) is 13.0 Å². The lowest BCUT2D eigenvalue weighted by atomic mass is 10.1. The summed E-state index contributed by atoms with van der Waals surface area (Å²) in [5.41, 5.74) is 1.77. The molecule has 0 unspecified atom stereocenters. The highest BCUT2D eigenvalue weighted by molar-refractivity contribution is 5.78. The van der Waals surface area contributed by atoms with Crippen molar-refractivity contribution in [2.45, 2.75) is 32.9 Å². The number of benzene rings is 1. The van der Waals surface area contributed by atoms with Gasteiger partial charge in [-0.2, -0.15) is 0 Å². The van der Waals surface area contributed by atoms with Crippen LogP contribution in [0.2, 0.25) is 0 Å². The molecule has 1 rings (SSSR count). The number of rotatable bonds is 4. The standard InChI is InChI=1S/C12H17NO2/c1-9(2)13-12(15)7-10-4-3-5-11(6-10)8-14/h3-6,9,14H,7-8H2,1-2H3,(H,13,15). The van der Waals surface area contributed by atoms with Crippen LogP contribution in [0.1, 0.15) is 25.0 Å². The maximum Gasteiger partial charge on any atom is 0.224 e. The maximum atomic E-state index is 11.4. The molecule has 0 aliphatic carbocycles. The summed E-state index contributed by atoms with van der Waals surface area (Å²) < 4.78 is 0. The lowest BCUT2D eigenvalue weighted by molar-refractivity contribution is -0.120. The number of carbonyl (C=O) groups excluding carboxylic acids is 1. The van der Waals surface area contributed by atoms with E-state index >= 15 is 0 Å². The number of hydrogen-bond donors (Lipinski definition) is 2. The molecule has 1 aromatic carbocycles. The molecule has 1 aromatic rings. The van der Waals surface area contributed by atoms with E-state index < -0.39 is 0 Å². The summed E-state index contributed by atoms with van der Waals surface area (Å²) in [5.74, 6) is 0.0140. The zero-order valence-electron chi connectivity index (χ0n) is 9.16. The Bertz CT molecular complexity index is 334. The van der Waals surface area contributed by atoms with Gasteiger partial charge in [-0.25, -0.2) is 0 Å². The smallest absolute Gasteiger partial charge is 0.224 e. The first-order valence-corrected chi connectivity index (χ1v) is 5.10. The first-order valence-electron chi connectivity index (χ1n) is 5.10. The van der Waals surface area contributed by atoms with Gasteiger partial charge in [-0.1, -0.05) is 24.3 Å². The minimum Gasteiger partial charge on any atom is -0.392 e. The summed E-state index contributed by atoms with van der Waals surface area (Å²) in [4.78, 5) is 11.4. The van der Waals surface area contributed by atoms with Gasteiger partial charge in [0.2, 0.25) is 5.91 Å². The fraction of sp³-hybridized carbons (Fsp3) is 0.417. The lowest BCUT2D eigenvalue weighted by Gasteiger charge is -2.08. The summed E-state index contributed by atoms with van der Waals surface area (Å²) in [6.45, 7) is 3.88. The van der Waals surface area contributed by atoms with Crippen molar-refractivity contribution >= 4 is 5.91 Å². The Kier molecular flexibility index (Phi) is 4.31. The third-order valence-corrected chi connectivity index (χ3v) is 1.99. The van der Waals surface area contributed by atoms with Crippen LogP contribution in [0.5, 0.6) is 0 Å². The first kappa shape index (κ1) is 11.7. The lowest BCUT2D eigenvalue weighted by Crippen LogP contribution is -2.31. The van der Waals surface area contributed by atoms with E-state index in [9.17, 15) is 4.79 Å². The van der Waals surface area contributed by atoms with E-state index in [1.165, 1.54) is 0 Å². The molecule has 0 radical (unpaired) electrons. The molecule has 3 nitrogen and oxygen atoms in total. The molecule has 0 bridgehead atoms. The minimum atomic E-state index is 0.0135. The average molecular weight is 207 g/mol. The number of amides is 1. The molecule has 0 aromatic heterocycles. The van der Waals surface area contributed by atoms with Gasteiger partial charge in [0.25, 0.3) is 0 Å². The van der Waals surface area contributed by atoms with Crippen molar-refractivity contribution in [3.63, 3.8) is 0 Å². The number of aliphatic hydroxyl groups is 1. The molecule has 0 fully saturated rings. The minimum absolute atomic E-state index is 0.0135. The van der Waals surface area contributed by atoms with E-state index in [0.717, 1.165) is 11.1 Å². The molecule has 0 saturated carbocycles. The van der Waals surface area contributed by atoms with Gasteiger partial charge in [-0.3, -0.25) is 4.79 Å². The van der Waals surface area contributed by atoms with Gasteiger partial charge in [0.1, 0.15) is 0 Å². The van der Waals surface area contributed by atoms with Crippen molar-refractivity contribution in [3.8, 4) is 0 Å². The molecule has 82 valence electrons. The number of hydrogen-bond acceptors (Lipinski definition) is 2. The topological polar surface area (TPSA) is 49.3 Å². The largest absolute Gasteiger partial charge is 0.392 e. The molecular formula is C12H17NO2. The Morgan fingerprint density at radius 3 is 2.67 bits per heavy atom. The number of aliphatic hydroxyl groups excluding tert-OH is 1. The van der Waals surface area contributed by atoms with Gasteiger partial charge in [0.15, 0.2) is 0 Å². The highest BCUT2D eigenvalue weighted by Crippen LogP contribution is 2.06. The van der Waals surface area contributed by atoms with Crippen LogP contribution in [0.15, 0.2) is 24.3 Å². The highest BCUT2D eigenvalue weighted by Gasteiger charge is 2.04. The van der Waals surface area contributed by atoms with Crippen molar-refractivity contribution < 1.29 is 9.90 Å². The molecule has 15 heavy (non-hydrogen) atoms. The molecule has 2 N–H and O–H groups in total. The van der Waals surface area contributed by atoms with Crippen LogP contribution in [-0.4, -0.2) is 17.1 Å². The van der Waals surface area contributed by atoms with Crippen LogP contribution < -0.4 is 5.32 Å². The summed E-state index contributed by atoms with van der Waals surface area (Å²) in [6.07, 6.45) is 0.367. The highest BCUT2D eigenvalue weighted by atomic mass is 16.3. The normalized spacial score (nSPS) is 10.4. The molecule has 0 atom stereocenters. The SMILES string of the molecule is CC(C)NC(=O)Cc1cccc(CO)c1. The Labute approximate surface area is 90.1 Å². The van der Waals surface area contributed by atoms with Crippen LogP contribution in [-0.2, 0) is 17.8 Å². The van der Waals surface area contributed by atoms with Gasteiger partial charge < -0.3 is 10.4 Å². The predicted octanol–water partition coefficient (Wildman–Crippen LogP) is 1.25. The Balaban J connectivity index is 2.60. The third kappa shape index (κ3) is 4.13. The fourth-order valence-electron chi connectivity index (χ4n) is 1.40. The molecule has 1 amide bonds. The molecule has 0 aliphatic rings. The van der Waals surface area contributed by atoms with Crippen LogP contribution >= 0.6 is 0 Å². The van der Waals surface area contributed by atoms with E-state index in [1.807, 2.05) is 38.1 Å². The summed E-state index contributed by atoms with van der Waals surface area (Å²) >= 11 is 0. The first-order chi connectivity index (χ1) is 7.11. The summed E-state index contributed by atoms with van der Waals surface area (Å²) in [6, 6.07) is 7.59. The maximum absolute atomic E-state index is 11.4. The van der Waals surface area contributed by atoms with E-state index in [1.54, 1.807) is 0 Å². The predicted molar refractivity (Wildman–Crippen MR) is 59.3 cm³/mol. The Hall–Kier alpha value is -1.35. The van der Waals surface area contributed by atoms with Crippen molar-refractivity contribution in [3.05, 3.63) is 35.4 Å². The molecular weight excluding hydrogens is 190 g/mol. The van der Waals surface area contributed by atoms with Crippen LogP contribution in [0.25, 0.3) is 0 Å². The van der Waals surface area contributed by atoms with Crippen molar-refractivity contribution in [1.29, 1.82) is 0 Å². The van der Waals surface area contributed by atoms with Gasteiger partial charge in [-0.15, -0.1) is 0 Å². The zero-order valence-corrected chi connectivity index (χ0v) is 9.16. The molecule has 0 aliphatic heterocycles. The van der Waals surface area contributed by atoms with Crippen molar-refractivity contribution in [2.75, 3.05) is 0 Å². The van der Waals surface area contributed by atoms with Gasteiger partial charge in [-0.05, 0) is 25.0 Å². The number of carbonyl (C=O) groups is 1. The van der Waals surface area contributed by atoms with Crippen molar-refractivity contribution in [2.24, 2.45) is 0 Å². The van der Waals surface area contributed by atoms with Gasteiger partial charge >= 0.3 is 0 Å². The second-order valence-corrected chi connectivity index (χ2v) is 3.88. The van der Waals surface area contributed by atoms with Crippen LogP contribution in [0.4, 0.5) is 0 Å². The molecule has 0 heterocycles. The summed E-state index contributed by atoms with van der Waals surface area (Å²) in [7, 11) is 0. The quantitative estimate of drug-likeness (QED) is 0.780. The Morgan fingerprint density at radius 2 is 2.07 bits per heavy atom. The average Bonchev–Trinajstić information content (AvgIpc) is 2.16. The molecule has 3 heteroatoms. The second-order valence-electron chi connectivity index (χ2n) is 3.88. The van der Waals surface area contributed by atoms with E-state index in [-0.39, 0.29) is 18.6 Å². The van der Waals surface area contributed by atoms with E-state index in [0.29, 0.717) is 6.42 Å². The van der Waals surface area contributed by atoms with E-state index in [2.05, 4.69) is 5.32 Å². The van der Waals surface area contributed by atoms with Crippen LogP contribution in [0.3, 0.4) is 0 Å². The number of nitrogens with one attached hydrogen (secondary N) is 1. The second kappa shape index (κ2) is 5.51. The fourth-order valence-corrected chi connectivity index (χ4v) is 1.40.